The number of nitrogens with one attached hydrogen (secondary N) is 2. The van der Waals surface area contributed by atoms with Crippen molar-refractivity contribution in [2.24, 2.45) is 0 Å². The topological polar surface area (TPSA) is 80.3 Å². The molecule has 1 aromatic heterocycles. The molecule has 0 spiro atoms. The monoisotopic (exact) mass is 437 g/mol. The van der Waals surface area contributed by atoms with E-state index in [9.17, 15) is 9.59 Å². The van der Waals surface area contributed by atoms with Gasteiger partial charge in [0.05, 0.1) is 19.2 Å². The maximum Gasteiger partial charge on any atom is 0.257 e. The fourth-order valence-electron chi connectivity index (χ4n) is 2.81. The Morgan fingerprint density at radius 3 is 2.23 bits per heavy atom. The lowest BCUT2D eigenvalue weighted by molar-refractivity contribution is -0.120. The lowest BCUT2D eigenvalue weighted by atomic mass is 9.93. The molecule has 0 unspecified atom stereocenters. The molecule has 3 aromatic rings. The highest BCUT2D eigenvalue weighted by Crippen LogP contribution is 2.26. The molecule has 0 aliphatic rings. The Bertz CT molecular complexity index is 1040. The van der Waals surface area contributed by atoms with Gasteiger partial charge in [0.2, 0.25) is 5.91 Å². The summed E-state index contributed by atoms with van der Waals surface area (Å²) in [6, 6.07) is 14.6. The molecule has 2 N–H and O–H groups in total. The maximum absolute atomic E-state index is 12.5. The largest absolute Gasteiger partial charge is 0.497 e. The first-order valence-electron chi connectivity index (χ1n) is 10.0. The first-order valence-corrected chi connectivity index (χ1v) is 10.9. The van der Waals surface area contributed by atoms with E-state index in [1.807, 2.05) is 41.8 Å². The summed E-state index contributed by atoms with van der Waals surface area (Å²) in [6.07, 6.45) is 0.300. The summed E-state index contributed by atoms with van der Waals surface area (Å²) in [7, 11) is 1.61. The molecule has 0 aliphatic heterocycles. The normalized spacial score (nSPS) is 11.1. The van der Waals surface area contributed by atoms with E-state index in [1.54, 1.807) is 19.2 Å². The van der Waals surface area contributed by atoms with Crippen LogP contribution in [0.2, 0.25) is 0 Å². The van der Waals surface area contributed by atoms with Gasteiger partial charge in [0, 0.05) is 22.9 Å². The standard InChI is InChI=1S/C24H27N3O3S/c1-24(2,3)20-15-31-23(26-20)27-22(29)18-9-5-17(6-10-18)14-25-21(28)13-16-7-11-19(30-4)12-8-16/h5-12,15H,13-14H2,1-4H3,(H,25,28)(H,26,27,29). The molecule has 162 valence electrons. The SMILES string of the molecule is COc1ccc(CC(=O)NCc2ccc(C(=O)Nc3nc(C(C)(C)C)cs3)cc2)cc1. The van der Waals surface area contributed by atoms with Gasteiger partial charge >= 0.3 is 0 Å². The van der Waals surface area contributed by atoms with Gasteiger partial charge in [-0.15, -0.1) is 11.3 Å². The van der Waals surface area contributed by atoms with E-state index in [0.29, 0.717) is 23.7 Å². The molecular formula is C24H27N3O3S. The molecule has 2 aromatic carbocycles. The summed E-state index contributed by atoms with van der Waals surface area (Å²) >= 11 is 1.42. The van der Waals surface area contributed by atoms with Crippen LogP contribution in [0, 0.1) is 0 Å². The molecule has 0 saturated heterocycles. The summed E-state index contributed by atoms with van der Waals surface area (Å²) in [6.45, 7) is 6.66. The van der Waals surface area contributed by atoms with Crippen molar-refractivity contribution in [2.75, 3.05) is 12.4 Å². The van der Waals surface area contributed by atoms with Crippen molar-refractivity contribution in [2.45, 2.75) is 39.2 Å². The number of methoxy groups -OCH3 is 1. The molecule has 0 fully saturated rings. The van der Waals surface area contributed by atoms with Crippen molar-refractivity contribution in [3.8, 4) is 5.75 Å². The Kier molecular flexibility index (Phi) is 7.07. The zero-order valence-electron chi connectivity index (χ0n) is 18.2. The van der Waals surface area contributed by atoms with Crippen LogP contribution in [0.4, 0.5) is 5.13 Å². The molecule has 6 nitrogen and oxygen atoms in total. The van der Waals surface area contributed by atoms with Gasteiger partial charge in [-0.25, -0.2) is 4.98 Å². The highest BCUT2D eigenvalue weighted by molar-refractivity contribution is 7.14. The predicted octanol–water partition coefficient (Wildman–Crippen LogP) is 4.56. The molecule has 3 rings (SSSR count). The van der Waals surface area contributed by atoms with Crippen LogP contribution >= 0.6 is 11.3 Å². The number of anilines is 1. The Morgan fingerprint density at radius 1 is 1.00 bits per heavy atom. The molecule has 0 atom stereocenters. The lowest BCUT2D eigenvalue weighted by Gasteiger charge is -2.14. The van der Waals surface area contributed by atoms with Crippen LogP contribution in [0.5, 0.6) is 5.75 Å². The van der Waals surface area contributed by atoms with Crippen molar-refractivity contribution in [1.82, 2.24) is 10.3 Å². The van der Waals surface area contributed by atoms with E-state index >= 15 is 0 Å². The molecule has 0 saturated carbocycles. The number of benzene rings is 2. The smallest absolute Gasteiger partial charge is 0.257 e. The molecule has 7 heteroatoms. The van der Waals surface area contributed by atoms with Crippen LogP contribution in [-0.2, 0) is 23.2 Å². The van der Waals surface area contributed by atoms with E-state index in [-0.39, 0.29) is 17.2 Å². The quantitative estimate of drug-likeness (QED) is 0.568. The third-order valence-corrected chi connectivity index (χ3v) is 5.48. The second kappa shape index (κ2) is 9.75. The molecule has 0 aliphatic carbocycles. The average Bonchev–Trinajstić information content (AvgIpc) is 3.22. The van der Waals surface area contributed by atoms with Crippen LogP contribution in [0.3, 0.4) is 0 Å². The molecule has 31 heavy (non-hydrogen) atoms. The third-order valence-electron chi connectivity index (χ3n) is 4.72. The van der Waals surface area contributed by atoms with Gasteiger partial charge in [-0.05, 0) is 35.4 Å². The molecule has 2 amide bonds. The fourth-order valence-corrected chi connectivity index (χ4v) is 3.74. The van der Waals surface area contributed by atoms with Crippen molar-refractivity contribution >= 4 is 28.3 Å². The Labute approximate surface area is 186 Å². The minimum atomic E-state index is -0.204. The number of thiazole rings is 1. The van der Waals surface area contributed by atoms with Crippen LogP contribution in [-0.4, -0.2) is 23.9 Å². The van der Waals surface area contributed by atoms with Gasteiger partial charge in [-0.1, -0.05) is 45.0 Å². The maximum atomic E-state index is 12.5. The second-order valence-corrected chi connectivity index (χ2v) is 9.10. The number of amides is 2. The minimum absolute atomic E-state index is 0.0566. The average molecular weight is 438 g/mol. The lowest BCUT2D eigenvalue weighted by Crippen LogP contribution is -2.24. The van der Waals surface area contributed by atoms with E-state index < -0.39 is 0 Å². The van der Waals surface area contributed by atoms with Crippen molar-refractivity contribution in [1.29, 1.82) is 0 Å². The van der Waals surface area contributed by atoms with E-state index in [0.717, 1.165) is 22.6 Å². The van der Waals surface area contributed by atoms with Crippen LogP contribution in [0.25, 0.3) is 0 Å². The first kappa shape index (κ1) is 22.5. The van der Waals surface area contributed by atoms with Crippen LogP contribution in [0.15, 0.2) is 53.9 Å². The van der Waals surface area contributed by atoms with Crippen molar-refractivity contribution in [3.63, 3.8) is 0 Å². The Balaban J connectivity index is 1.50. The zero-order chi connectivity index (χ0) is 22.4. The number of aromatic nitrogens is 1. The summed E-state index contributed by atoms with van der Waals surface area (Å²) < 4.78 is 5.12. The van der Waals surface area contributed by atoms with E-state index in [4.69, 9.17) is 4.74 Å². The molecule has 0 bridgehead atoms. The minimum Gasteiger partial charge on any atom is -0.497 e. The summed E-state index contributed by atoms with van der Waals surface area (Å²) in [5, 5.41) is 8.30. The fraction of sp³-hybridized carbons (Fsp3) is 0.292. The molecular weight excluding hydrogens is 410 g/mol. The van der Waals surface area contributed by atoms with Gasteiger partial charge in [0.15, 0.2) is 5.13 Å². The van der Waals surface area contributed by atoms with E-state index in [1.165, 1.54) is 11.3 Å². The number of hydrogen-bond donors (Lipinski definition) is 2. The van der Waals surface area contributed by atoms with Gasteiger partial charge < -0.3 is 10.1 Å². The highest BCUT2D eigenvalue weighted by Gasteiger charge is 2.18. The van der Waals surface area contributed by atoms with Crippen LogP contribution < -0.4 is 15.4 Å². The zero-order valence-corrected chi connectivity index (χ0v) is 19.0. The number of nitrogens with zero attached hydrogens (tertiary/aromatic N) is 1. The Hall–Kier alpha value is -3.19. The van der Waals surface area contributed by atoms with Gasteiger partial charge in [-0.3, -0.25) is 14.9 Å². The van der Waals surface area contributed by atoms with Crippen molar-refractivity contribution < 1.29 is 14.3 Å². The Morgan fingerprint density at radius 2 is 1.65 bits per heavy atom. The third kappa shape index (κ3) is 6.39. The summed E-state index contributed by atoms with van der Waals surface area (Å²) in [5.41, 5.74) is 3.28. The number of ether oxygens (including phenoxy) is 1. The van der Waals surface area contributed by atoms with Gasteiger partial charge in [0.1, 0.15) is 5.75 Å². The van der Waals surface area contributed by atoms with Gasteiger partial charge in [0.25, 0.3) is 5.91 Å². The summed E-state index contributed by atoms with van der Waals surface area (Å²) in [5.74, 6) is 0.494. The highest BCUT2D eigenvalue weighted by atomic mass is 32.1. The number of carbonyl (C=O) groups excluding carboxylic acids is 2. The van der Waals surface area contributed by atoms with E-state index in [2.05, 4.69) is 36.4 Å². The number of carbonyl (C=O) groups is 2. The van der Waals surface area contributed by atoms with Gasteiger partial charge in [-0.2, -0.15) is 0 Å². The first-order chi connectivity index (χ1) is 14.7. The second-order valence-electron chi connectivity index (χ2n) is 8.24. The summed E-state index contributed by atoms with van der Waals surface area (Å²) in [4.78, 5) is 29.1. The number of hydrogen-bond acceptors (Lipinski definition) is 5. The number of rotatable bonds is 7. The molecule has 1 heterocycles. The molecule has 0 radical (unpaired) electrons. The predicted molar refractivity (Wildman–Crippen MR) is 124 cm³/mol. The van der Waals surface area contributed by atoms with Crippen LogP contribution in [0.1, 0.15) is 48.0 Å². The van der Waals surface area contributed by atoms with Crippen molar-refractivity contribution in [3.05, 3.63) is 76.3 Å².